The lowest BCUT2D eigenvalue weighted by Gasteiger charge is -2.44. The second kappa shape index (κ2) is 7.83. The molecule has 1 aromatic carbocycles. The lowest BCUT2D eigenvalue weighted by molar-refractivity contribution is 0.209. The number of nitrogens with zero attached hydrogens (tertiary/aromatic N) is 4. The van der Waals surface area contributed by atoms with Crippen LogP contribution in [0.3, 0.4) is 0 Å². The van der Waals surface area contributed by atoms with Crippen molar-refractivity contribution in [2.75, 3.05) is 18.5 Å². The van der Waals surface area contributed by atoms with E-state index in [0.717, 1.165) is 23.5 Å². The second-order valence-electron chi connectivity index (χ2n) is 8.13. The van der Waals surface area contributed by atoms with E-state index in [0.29, 0.717) is 35.2 Å². The number of aromatic amines is 1. The Morgan fingerprint density at radius 1 is 1.07 bits per heavy atom. The fourth-order valence-electron chi connectivity index (χ4n) is 4.37. The molecule has 1 saturated heterocycles. The van der Waals surface area contributed by atoms with Crippen LogP contribution in [0.25, 0.3) is 22.4 Å². The molecule has 4 rings (SSSR count). The van der Waals surface area contributed by atoms with Gasteiger partial charge in [-0.2, -0.15) is 5.10 Å². The van der Waals surface area contributed by atoms with Gasteiger partial charge in [0.1, 0.15) is 5.75 Å². The van der Waals surface area contributed by atoms with Gasteiger partial charge in [-0.15, -0.1) is 10.2 Å². The van der Waals surface area contributed by atoms with Gasteiger partial charge in [0.2, 0.25) is 0 Å². The summed E-state index contributed by atoms with van der Waals surface area (Å²) >= 11 is 0. The van der Waals surface area contributed by atoms with E-state index in [1.54, 1.807) is 18.5 Å². The first kappa shape index (κ1) is 19.4. The van der Waals surface area contributed by atoms with Gasteiger partial charge in [-0.25, -0.2) is 0 Å². The highest BCUT2D eigenvalue weighted by molar-refractivity contribution is 5.73. The Morgan fingerprint density at radius 2 is 1.90 bits per heavy atom. The summed E-state index contributed by atoms with van der Waals surface area (Å²) in [5.41, 5.74) is 3.14. The zero-order valence-electron chi connectivity index (χ0n) is 17.3. The van der Waals surface area contributed by atoms with E-state index in [2.05, 4.69) is 58.4 Å². The summed E-state index contributed by atoms with van der Waals surface area (Å²) in [7, 11) is 2.09. The highest BCUT2D eigenvalue weighted by Crippen LogP contribution is 2.33. The number of phenols is 1. The molecular weight excluding hydrogens is 364 g/mol. The molecular formula is C22H28N6O. The predicted molar refractivity (Wildman–Crippen MR) is 115 cm³/mol. The minimum Gasteiger partial charge on any atom is -0.507 e. The molecule has 0 aliphatic carbocycles. The molecule has 3 aromatic rings. The molecule has 0 unspecified atom stereocenters. The van der Waals surface area contributed by atoms with Gasteiger partial charge in [-0.1, -0.05) is 19.9 Å². The molecule has 1 aliphatic heterocycles. The average Bonchev–Trinajstić information content (AvgIpc) is 3.26. The summed E-state index contributed by atoms with van der Waals surface area (Å²) in [4.78, 5) is 2.24. The molecule has 1 aliphatic rings. The minimum atomic E-state index is 0.175. The van der Waals surface area contributed by atoms with Crippen LogP contribution in [0.15, 0.2) is 42.7 Å². The van der Waals surface area contributed by atoms with E-state index >= 15 is 0 Å². The zero-order chi connectivity index (χ0) is 20.5. The normalized spacial score (nSPS) is 24.4. The van der Waals surface area contributed by atoms with E-state index < -0.39 is 0 Å². The Morgan fingerprint density at radius 3 is 2.55 bits per heavy atom. The fourth-order valence-corrected chi connectivity index (χ4v) is 4.37. The van der Waals surface area contributed by atoms with E-state index in [4.69, 9.17) is 0 Å². The summed E-state index contributed by atoms with van der Waals surface area (Å²) < 4.78 is 0. The van der Waals surface area contributed by atoms with E-state index in [9.17, 15) is 5.11 Å². The van der Waals surface area contributed by atoms with Crippen molar-refractivity contribution in [1.82, 2.24) is 25.7 Å². The number of hydrogen-bond acceptors (Lipinski definition) is 6. The van der Waals surface area contributed by atoms with Gasteiger partial charge in [0.15, 0.2) is 5.82 Å². The molecule has 0 bridgehead atoms. The summed E-state index contributed by atoms with van der Waals surface area (Å²) in [6.45, 7) is 7.80. The molecule has 2 aromatic heterocycles. The van der Waals surface area contributed by atoms with Crippen LogP contribution in [0, 0.1) is 11.8 Å². The molecule has 3 heterocycles. The van der Waals surface area contributed by atoms with Crippen LogP contribution in [0.4, 0.5) is 5.82 Å². The van der Waals surface area contributed by atoms with Crippen molar-refractivity contribution in [1.29, 1.82) is 0 Å². The third-order valence-corrected chi connectivity index (χ3v) is 6.24. The Balaban J connectivity index is 1.56. The topological polar surface area (TPSA) is 90.0 Å². The molecule has 3 N–H and O–H groups in total. The monoisotopic (exact) mass is 392 g/mol. The summed E-state index contributed by atoms with van der Waals surface area (Å²) in [6.07, 6.45) is 3.52. The van der Waals surface area contributed by atoms with E-state index in [1.807, 2.05) is 24.3 Å². The summed E-state index contributed by atoms with van der Waals surface area (Å²) in [6, 6.07) is 10.3. The van der Waals surface area contributed by atoms with Crippen LogP contribution in [-0.4, -0.2) is 51.2 Å². The number of rotatable bonds is 4. The summed E-state index contributed by atoms with van der Waals surface area (Å²) in [5.74, 6) is 2.05. The van der Waals surface area contributed by atoms with Gasteiger partial charge in [0.05, 0.1) is 11.9 Å². The van der Waals surface area contributed by atoms with Crippen LogP contribution in [-0.2, 0) is 0 Å². The second-order valence-corrected chi connectivity index (χ2v) is 8.13. The maximum absolute atomic E-state index is 10.5. The molecule has 0 spiro atoms. The van der Waals surface area contributed by atoms with Gasteiger partial charge in [-0.05, 0) is 55.1 Å². The Hall–Kier alpha value is -2.93. The standard InChI is InChI=1S/C22H28N6O/c1-13-10-23-15(3)14(2)22(13)28(4)21-8-7-19(26-27-21)18-6-5-16(9-20(18)29)17-11-24-25-12-17/h5-9,11-15,22-23,29H,10H2,1-4H3,(H,24,25)/t13-,14+,15-,22+/m1/s1. The van der Waals surface area contributed by atoms with Crippen LogP contribution in [0.2, 0.25) is 0 Å². The largest absolute Gasteiger partial charge is 0.507 e. The first-order valence-corrected chi connectivity index (χ1v) is 10.1. The van der Waals surface area contributed by atoms with Gasteiger partial charge < -0.3 is 15.3 Å². The third-order valence-electron chi connectivity index (χ3n) is 6.24. The predicted octanol–water partition coefficient (Wildman–Crippen LogP) is 3.31. The molecule has 0 amide bonds. The molecule has 152 valence electrons. The lowest BCUT2D eigenvalue weighted by Crippen LogP contribution is -2.56. The first-order valence-electron chi connectivity index (χ1n) is 10.1. The van der Waals surface area contributed by atoms with Crippen molar-refractivity contribution in [2.45, 2.75) is 32.9 Å². The van der Waals surface area contributed by atoms with Crippen molar-refractivity contribution in [3.8, 4) is 28.1 Å². The third kappa shape index (κ3) is 3.70. The van der Waals surface area contributed by atoms with Gasteiger partial charge >= 0.3 is 0 Å². The zero-order valence-corrected chi connectivity index (χ0v) is 17.3. The quantitative estimate of drug-likeness (QED) is 0.631. The molecule has 4 atom stereocenters. The number of phenolic OH excluding ortho intramolecular Hbond substituents is 1. The molecule has 0 saturated carbocycles. The number of H-pyrrole nitrogens is 1. The fraction of sp³-hybridized carbons (Fsp3) is 0.409. The smallest absolute Gasteiger partial charge is 0.151 e. The number of piperidine rings is 1. The van der Waals surface area contributed by atoms with E-state index in [-0.39, 0.29) is 5.75 Å². The number of benzene rings is 1. The Bertz CT molecular complexity index is 956. The lowest BCUT2D eigenvalue weighted by atomic mass is 9.81. The van der Waals surface area contributed by atoms with Crippen molar-refractivity contribution in [3.05, 3.63) is 42.7 Å². The number of aromatic nitrogens is 4. The van der Waals surface area contributed by atoms with Gasteiger partial charge in [0, 0.05) is 36.5 Å². The first-order chi connectivity index (χ1) is 14.0. The summed E-state index contributed by atoms with van der Waals surface area (Å²) in [5, 5.41) is 29.7. The average molecular weight is 393 g/mol. The van der Waals surface area contributed by atoms with Crippen molar-refractivity contribution in [3.63, 3.8) is 0 Å². The minimum absolute atomic E-state index is 0.175. The molecule has 1 fully saturated rings. The number of aromatic hydroxyl groups is 1. The molecule has 0 radical (unpaired) electrons. The maximum atomic E-state index is 10.5. The van der Waals surface area contributed by atoms with Crippen LogP contribution in [0.5, 0.6) is 5.75 Å². The van der Waals surface area contributed by atoms with E-state index in [1.165, 1.54) is 0 Å². The van der Waals surface area contributed by atoms with Crippen molar-refractivity contribution < 1.29 is 5.11 Å². The van der Waals surface area contributed by atoms with Crippen LogP contribution < -0.4 is 10.2 Å². The van der Waals surface area contributed by atoms with Crippen LogP contribution in [0.1, 0.15) is 20.8 Å². The SMILES string of the molecule is C[C@@H]1[C@@H](N(C)c2ccc(-c3ccc(-c4cn[nH]c4)cc3O)nn2)[C@H](C)CN[C@@H]1C. The molecule has 7 nitrogen and oxygen atoms in total. The highest BCUT2D eigenvalue weighted by atomic mass is 16.3. The Kier molecular flexibility index (Phi) is 5.24. The van der Waals surface area contributed by atoms with Crippen molar-refractivity contribution >= 4 is 5.82 Å². The number of nitrogens with one attached hydrogen (secondary N) is 2. The maximum Gasteiger partial charge on any atom is 0.151 e. The van der Waals surface area contributed by atoms with Gasteiger partial charge in [0.25, 0.3) is 0 Å². The Labute approximate surface area is 171 Å². The number of anilines is 1. The molecule has 7 heteroatoms. The van der Waals surface area contributed by atoms with Crippen molar-refractivity contribution in [2.24, 2.45) is 11.8 Å². The van der Waals surface area contributed by atoms with Gasteiger partial charge in [-0.3, -0.25) is 5.10 Å². The molecule has 29 heavy (non-hydrogen) atoms. The highest BCUT2D eigenvalue weighted by Gasteiger charge is 2.35. The number of hydrogen-bond donors (Lipinski definition) is 3. The van der Waals surface area contributed by atoms with Crippen LogP contribution >= 0.6 is 0 Å².